The average Bonchev–Trinajstić information content (AvgIpc) is 3.45. The van der Waals surface area contributed by atoms with Crippen molar-refractivity contribution in [1.82, 2.24) is 25.0 Å². The number of ether oxygens (including phenoxy) is 1. The Labute approximate surface area is 198 Å². The minimum Gasteiger partial charge on any atom is -0.435 e. The number of carbonyl (C=O) groups excluding carboxylic acids is 1. The predicted octanol–water partition coefficient (Wildman–Crippen LogP) is 5.20. The number of nitrogens with one attached hydrogen (secondary N) is 1. The van der Waals surface area contributed by atoms with Crippen molar-refractivity contribution in [3.63, 3.8) is 0 Å². The van der Waals surface area contributed by atoms with Crippen molar-refractivity contribution in [3.05, 3.63) is 29.3 Å². The van der Waals surface area contributed by atoms with Crippen molar-refractivity contribution < 1.29 is 18.3 Å². The van der Waals surface area contributed by atoms with Crippen LogP contribution < -0.4 is 10.1 Å². The number of hydrogen-bond donors (Lipinski definition) is 1. The zero-order valence-corrected chi connectivity index (χ0v) is 19.7. The largest absolute Gasteiger partial charge is 0.435 e. The van der Waals surface area contributed by atoms with E-state index in [0.29, 0.717) is 34.1 Å². The summed E-state index contributed by atoms with van der Waals surface area (Å²) in [6, 6.07) is 6.21. The number of rotatable bonds is 9. The summed E-state index contributed by atoms with van der Waals surface area (Å²) >= 11 is 2.72. The Hall–Kier alpha value is -2.60. The number of aromatic nitrogens is 5. The van der Waals surface area contributed by atoms with Gasteiger partial charge >= 0.3 is 6.61 Å². The molecule has 2 aromatic heterocycles. The molecule has 0 saturated heterocycles. The van der Waals surface area contributed by atoms with Crippen molar-refractivity contribution in [2.75, 3.05) is 11.1 Å². The minimum atomic E-state index is -2.87. The van der Waals surface area contributed by atoms with Crippen LogP contribution in [0, 0.1) is 0 Å². The van der Waals surface area contributed by atoms with Gasteiger partial charge in [0.05, 0.1) is 5.75 Å². The molecule has 0 bridgehead atoms. The van der Waals surface area contributed by atoms with Crippen LogP contribution in [-0.2, 0) is 11.3 Å². The van der Waals surface area contributed by atoms with Crippen LogP contribution in [0.25, 0.3) is 11.4 Å². The van der Waals surface area contributed by atoms with E-state index in [1.54, 1.807) is 12.1 Å². The van der Waals surface area contributed by atoms with Crippen molar-refractivity contribution in [2.45, 2.75) is 63.3 Å². The summed E-state index contributed by atoms with van der Waals surface area (Å²) in [4.78, 5) is 12.4. The van der Waals surface area contributed by atoms with Gasteiger partial charge in [0.2, 0.25) is 11.0 Å². The Kier molecular flexibility index (Phi) is 7.86. The molecule has 0 spiro atoms. The first-order valence-electron chi connectivity index (χ1n) is 10.8. The predicted molar refractivity (Wildman–Crippen MR) is 123 cm³/mol. The summed E-state index contributed by atoms with van der Waals surface area (Å²) in [5.74, 6) is 1.08. The second-order valence-electron chi connectivity index (χ2n) is 7.57. The van der Waals surface area contributed by atoms with E-state index in [9.17, 15) is 13.6 Å². The molecule has 8 nitrogen and oxygen atoms in total. The zero-order valence-electron chi connectivity index (χ0n) is 18.0. The van der Waals surface area contributed by atoms with Gasteiger partial charge in [-0.15, -0.1) is 20.4 Å². The quantitative estimate of drug-likeness (QED) is 0.409. The lowest BCUT2D eigenvalue weighted by Crippen LogP contribution is -2.14. The van der Waals surface area contributed by atoms with E-state index < -0.39 is 6.61 Å². The summed E-state index contributed by atoms with van der Waals surface area (Å²) in [5.41, 5.74) is 0.714. The molecule has 2 heterocycles. The average molecular weight is 495 g/mol. The third-order valence-electron chi connectivity index (χ3n) is 5.34. The Bertz CT molecular complexity index is 1070. The number of alkyl halides is 2. The fraction of sp³-hybridized carbons (Fsp3) is 0.476. The van der Waals surface area contributed by atoms with Gasteiger partial charge < -0.3 is 9.30 Å². The number of nitrogens with zero attached hydrogens (tertiary/aromatic N) is 5. The molecule has 0 unspecified atom stereocenters. The van der Waals surface area contributed by atoms with Crippen LogP contribution in [-0.4, -0.2) is 43.2 Å². The maximum Gasteiger partial charge on any atom is 0.387 e. The van der Waals surface area contributed by atoms with Gasteiger partial charge in [0, 0.05) is 18.0 Å². The standard InChI is InChI=1S/C21H24F2N6O2S2/c1-2-29-17(13-8-10-15(11-9-13)31-19(22)23)25-28-21(29)32-12-16(30)24-20-27-26-18(33-20)14-6-4-3-5-7-14/h8-11,14,19H,2-7,12H2,1H3,(H,24,27,30). The molecule has 1 fully saturated rings. The molecule has 3 aromatic rings. The summed E-state index contributed by atoms with van der Waals surface area (Å²) in [6.45, 7) is -0.342. The van der Waals surface area contributed by atoms with Crippen LogP contribution in [0.4, 0.5) is 13.9 Å². The number of halogens is 2. The molecule has 12 heteroatoms. The highest BCUT2D eigenvalue weighted by atomic mass is 32.2. The van der Waals surface area contributed by atoms with Crippen LogP contribution in [0.1, 0.15) is 50.0 Å². The lowest BCUT2D eigenvalue weighted by atomic mass is 9.90. The monoisotopic (exact) mass is 494 g/mol. The summed E-state index contributed by atoms with van der Waals surface area (Å²) in [6.07, 6.45) is 5.98. The van der Waals surface area contributed by atoms with Gasteiger partial charge in [0.15, 0.2) is 11.0 Å². The maximum absolute atomic E-state index is 12.4. The van der Waals surface area contributed by atoms with Crippen molar-refractivity contribution in [3.8, 4) is 17.1 Å². The van der Waals surface area contributed by atoms with E-state index in [4.69, 9.17) is 0 Å². The minimum absolute atomic E-state index is 0.0749. The van der Waals surface area contributed by atoms with E-state index >= 15 is 0 Å². The molecule has 1 N–H and O–H groups in total. The van der Waals surface area contributed by atoms with Crippen molar-refractivity contribution >= 4 is 34.1 Å². The first-order valence-corrected chi connectivity index (χ1v) is 12.6. The highest BCUT2D eigenvalue weighted by Crippen LogP contribution is 2.35. The van der Waals surface area contributed by atoms with E-state index in [1.165, 1.54) is 54.5 Å². The van der Waals surface area contributed by atoms with Gasteiger partial charge in [0.25, 0.3) is 0 Å². The SMILES string of the molecule is CCn1c(SCC(=O)Nc2nnc(C3CCCCC3)s2)nnc1-c1ccc(OC(F)F)cc1. The molecule has 1 amide bonds. The van der Waals surface area contributed by atoms with Gasteiger partial charge in [-0.2, -0.15) is 8.78 Å². The molecule has 33 heavy (non-hydrogen) atoms. The normalized spacial score (nSPS) is 14.5. The van der Waals surface area contributed by atoms with Crippen LogP contribution in [0.15, 0.2) is 29.4 Å². The number of benzene rings is 1. The Morgan fingerprint density at radius 2 is 1.94 bits per heavy atom. The molecule has 1 aliphatic rings. The molecule has 0 aliphatic heterocycles. The number of carbonyl (C=O) groups is 1. The van der Waals surface area contributed by atoms with E-state index in [0.717, 1.165) is 17.8 Å². The molecule has 176 valence electrons. The summed E-state index contributed by atoms with van der Waals surface area (Å²) in [5, 5.41) is 21.7. The molecule has 0 radical (unpaired) electrons. The second-order valence-corrected chi connectivity index (χ2v) is 9.52. The molecular formula is C21H24F2N6O2S2. The van der Waals surface area contributed by atoms with Gasteiger partial charge in [-0.1, -0.05) is 42.4 Å². The first-order chi connectivity index (χ1) is 16.0. The molecule has 4 rings (SSSR count). The summed E-state index contributed by atoms with van der Waals surface area (Å²) in [7, 11) is 0. The number of hydrogen-bond acceptors (Lipinski definition) is 8. The maximum atomic E-state index is 12.4. The van der Waals surface area contributed by atoms with Gasteiger partial charge in [-0.25, -0.2) is 0 Å². The molecular weight excluding hydrogens is 470 g/mol. The lowest BCUT2D eigenvalue weighted by molar-refractivity contribution is -0.113. The molecule has 1 saturated carbocycles. The van der Waals surface area contributed by atoms with Crippen LogP contribution >= 0.6 is 23.1 Å². The summed E-state index contributed by atoms with van der Waals surface area (Å²) < 4.78 is 30.9. The Morgan fingerprint density at radius 3 is 2.64 bits per heavy atom. The van der Waals surface area contributed by atoms with E-state index in [1.807, 2.05) is 11.5 Å². The van der Waals surface area contributed by atoms with E-state index in [2.05, 4.69) is 30.4 Å². The van der Waals surface area contributed by atoms with E-state index in [-0.39, 0.29) is 17.4 Å². The topological polar surface area (TPSA) is 94.8 Å². The highest BCUT2D eigenvalue weighted by molar-refractivity contribution is 7.99. The first kappa shape index (κ1) is 23.6. The lowest BCUT2D eigenvalue weighted by Gasteiger charge is -2.18. The van der Waals surface area contributed by atoms with Crippen molar-refractivity contribution in [1.29, 1.82) is 0 Å². The fourth-order valence-corrected chi connectivity index (χ4v) is 5.50. The third-order valence-corrected chi connectivity index (χ3v) is 7.31. The smallest absolute Gasteiger partial charge is 0.387 e. The molecule has 1 aromatic carbocycles. The highest BCUT2D eigenvalue weighted by Gasteiger charge is 2.21. The van der Waals surface area contributed by atoms with Crippen LogP contribution in [0.2, 0.25) is 0 Å². The van der Waals surface area contributed by atoms with Crippen molar-refractivity contribution in [2.24, 2.45) is 0 Å². The number of anilines is 1. The van der Waals surface area contributed by atoms with Gasteiger partial charge in [-0.05, 0) is 44.0 Å². The number of amides is 1. The fourth-order valence-electron chi connectivity index (χ4n) is 3.76. The molecule has 0 atom stereocenters. The molecule has 1 aliphatic carbocycles. The second kappa shape index (κ2) is 11.0. The Balaban J connectivity index is 1.35. The van der Waals surface area contributed by atoms with Crippen LogP contribution in [0.5, 0.6) is 5.75 Å². The van der Waals surface area contributed by atoms with Crippen LogP contribution in [0.3, 0.4) is 0 Å². The third kappa shape index (κ3) is 6.05. The number of thioether (sulfide) groups is 1. The Morgan fingerprint density at radius 1 is 1.18 bits per heavy atom. The zero-order chi connectivity index (χ0) is 23.2. The van der Waals surface area contributed by atoms with Gasteiger partial charge in [0.1, 0.15) is 10.8 Å². The van der Waals surface area contributed by atoms with Gasteiger partial charge in [-0.3, -0.25) is 10.1 Å².